The number of amides is 3. The van der Waals surface area contributed by atoms with Gasteiger partial charge in [0.1, 0.15) is 0 Å². The van der Waals surface area contributed by atoms with Crippen molar-refractivity contribution in [2.75, 3.05) is 28.2 Å². The molecule has 0 bridgehead atoms. The van der Waals surface area contributed by atoms with Gasteiger partial charge in [0.2, 0.25) is 5.66 Å². The van der Waals surface area contributed by atoms with Crippen LogP contribution in [0.2, 0.25) is 5.02 Å². The molecule has 3 heterocycles. The van der Waals surface area contributed by atoms with E-state index < -0.39 is 5.66 Å². The molecule has 7 rings (SSSR count). The first-order valence-electron chi connectivity index (χ1n) is 14.2. The van der Waals surface area contributed by atoms with Gasteiger partial charge in [0.25, 0.3) is 17.7 Å². The smallest absolute Gasteiger partial charge is 0.279 e. The Kier molecular flexibility index (Phi) is 6.47. The largest absolute Gasteiger partial charge is 0.350 e. The van der Waals surface area contributed by atoms with Crippen molar-refractivity contribution in [3.8, 4) is 0 Å². The Morgan fingerprint density at radius 2 is 1.50 bits per heavy atom. The number of piperidine rings is 1. The highest BCUT2D eigenvalue weighted by molar-refractivity contribution is 6.31. The molecule has 4 aromatic carbocycles. The van der Waals surface area contributed by atoms with Crippen LogP contribution in [0.25, 0.3) is 0 Å². The van der Waals surface area contributed by atoms with Crippen LogP contribution in [0.5, 0.6) is 0 Å². The van der Waals surface area contributed by atoms with Crippen LogP contribution < -0.4 is 15.1 Å². The molecule has 4 aromatic rings. The minimum absolute atomic E-state index is 0.0161. The molecule has 3 aliphatic rings. The van der Waals surface area contributed by atoms with Crippen molar-refractivity contribution in [1.29, 1.82) is 0 Å². The quantitative estimate of drug-likeness (QED) is 0.303. The van der Waals surface area contributed by atoms with Gasteiger partial charge in [-0.05, 0) is 73.4 Å². The van der Waals surface area contributed by atoms with Crippen molar-refractivity contribution >= 4 is 46.4 Å². The predicted molar refractivity (Wildman–Crippen MR) is 164 cm³/mol. The fourth-order valence-electron chi connectivity index (χ4n) is 6.37. The first kappa shape index (κ1) is 26.3. The number of carbonyl (C=O) groups is 3. The van der Waals surface area contributed by atoms with E-state index in [9.17, 15) is 14.4 Å². The Hall–Kier alpha value is -4.62. The summed E-state index contributed by atoms with van der Waals surface area (Å²) >= 11 is 6.52. The maximum atomic E-state index is 14.7. The molecule has 210 valence electrons. The molecular weight excluding hydrogens is 548 g/mol. The lowest BCUT2D eigenvalue weighted by Gasteiger charge is -2.45. The van der Waals surface area contributed by atoms with Gasteiger partial charge in [-0.1, -0.05) is 60.1 Å². The number of para-hydroxylation sites is 2. The number of likely N-dealkylation sites (tertiary alicyclic amines) is 1. The molecule has 1 spiro atoms. The zero-order valence-electron chi connectivity index (χ0n) is 22.9. The number of fused-ring (bicyclic) bond motifs is 3. The van der Waals surface area contributed by atoms with Gasteiger partial charge in [-0.2, -0.15) is 0 Å². The zero-order chi connectivity index (χ0) is 28.8. The molecule has 0 aliphatic carbocycles. The van der Waals surface area contributed by atoms with E-state index in [2.05, 4.69) is 5.32 Å². The van der Waals surface area contributed by atoms with Gasteiger partial charge in [-0.25, -0.2) is 0 Å². The van der Waals surface area contributed by atoms with Gasteiger partial charge in [0, 0.05) is 40.6 Å². The lowest BCUT2D eigenvalue weighted by atomic mass is 9.92. The van der Waals surface area contributed by atoms with Crippen molar-refractivity contribution in [2.24, 2.45) is 0 Å². The second-order valence-corrected chi connectivity index (χ2v) is 11.3. The minimum atomic E-state index is -1.54. The summed E-state index contributed by atoms with van der Waals surface area (Å²) in [5, 5.41) is 4.05. The van der Waals surface area contributed by atoms with Crippen molar-refractivity contribution in [3.05, 3.63) is 124 Å². The Bertz CT molecular complexity index is 1720. The molecule has 0 unspecified atom stereocenters. The average Bonchev–Trinajstić information content (AvgIpc) is 3.25. The highest BCUT2D eigenvalue weighted by Gasteiger charge is 2.59. The Labute approximate surface area is 249 Å². The standard InChI is InChI=1S/C34H29ClN4O3/c35-28-13-5-2-10-24(28)22-38-30-15-7-4-12-27(30)34(33(38)42)36-29-14-6-3-11-26(29)32(41)39(34)25-18-16-23(17-19-25)31(40)37-20-8-1-9-21-37/h2-7,10-19,36H,1,8-9,20-22H2/t34-/m0/s1. The van der Waals surface area contributed by atoms with Crippen LogP contribution in [-0.4, -0.2) is 35.7 Å². The number of hydrogen-bond acceptors (Lipinski definition) is 4. The zero-order valence-corrected chi connectivity index (χ0v) is 23.7. The first-order valence-corrected chi connectivity index (χ1v) is 14.6. The predicted octanol–water partition coefficient (Wildman–Crippen LogP) is 6.44. The molecule has 3 amide bonds. The molecule has 1 saturated heterocycles. The number of halogens is 1. The van der Waals surface area contributed by atoms with Gasteiger partial charge in [0.15, 0.2) is 0 Å². The summed E-state index contributed by atoms with van der Waals surface area (Å²) in [5.41, 5.74) is 2.74. The third-order valence-electron chi connectivity index (χ3n) is 8.45. The molecule has 8 heteroatoms. The van der Waals surface area contributed by atoms with Crippen LogP contribution in [0, 0.1) is 0 Å². The Morgan fingerprint density at radius 3 is 2.29 bits per heavy atom. The number of nitrogens with one attached hydrogen (secondary N) is 1. The fourth-order valence-corrected chi connectivity index (χ4v) is 6.57. The van der Waals surface area contributed by atoms with E-state index in [1.165, 1.54) is 4.90 Å². The van der Waals surface area contributed by atoms with Gasteiger partial charge in [-0.3, -0.25) is 19.3 Å². The molecule has 1 atom stereocenters. The van der Waals surface area contributed by atoms with Crippen LogP contribution in [0.1, 0.15) is 51.1 Å². The van der Waals surface area contributed by atoms with E-state index in [-0.39, 0.29) is 24.3 Å². The summed E-state index contributed by atoms with van der Waals surface area (Å²) in [4.78, 5) is 47.4. The van der Waals surface area contributed by atoms with E-state index in [1.807, 2.05) is 65.6 Å². The first-order chi connectivity index (χ1) is 20.5. The Morgan fingerprint density at radius 1 is 0.810 bits per heavy atom. The van der Waals surface area contributed by atoms with Crippen LogP contribution in [-0.2, 0) is 17.0 Å². The summed E-state index contributed by atoms with van der Waals surface area (Å²) in [6.07, 6.45) is 3.15. The summed E-state index contributed by atoms with van der Waals surface area (Å²) in [6.45, 7) is 1.75. The number of anilines is 3. The van der Waals surface area contributed by atoms with E-state index >= 15 is 0 Å². The topological polar surface area (TPSA) is 73.0 Å². The molecule has 42 heavy (non-hydrogen) atoms. The maximum Gasteiger partial charge on any atom is 0.279 e. The van der Waals surface area contributed by atoms with Gasteiger partial charge >= 0.3 is 0 Å². The molecule has 1 fully saturated rings. The van der Waals surface area contributed by atoms with Crippen molar-refractivity contribution in [1.82, 2.24) is 4.90 Å². The maximum absolute atomic E-state index is 14.7. The highest BCUT2D eigenvalue weighted by Crippen LogP contribution is 2.50. The van der Waals surface area contributed by atoms with Crippen molar-refractivity contribution in [2.45, 2.75) is 31.5 Å². The van der Waals surface area contributed by atoms with E-state index in [1.54, 1.807) is 41.3 Å². The lowest BCUT2D eigenvalue weighted by molar-refractivity contribution is -0.122. The number of carbonyl (C=O) groups excluding carboxylic acids is 3. The van der Waals surface area contributed by atoms with Crippen LogP contribution >= 0.6 is 11.6 Å². The van der Waals surface area contributed by atoms with Gasteiger partial charge < -0.3 is 15.1 Å². The van der Waals surface area contributed by atoms with E-state index in [4.69, 9.17) is 11.6 Å². The number of benzene rings is 4. The minimum Gasteiger partial charge on any atom is -0.350 e. The average molecular weight is 577 g/mol. The molecule has 0 aromatic heterocycles. The highest BCUT2D eigenvalue weighted by atomic mass is 35.5. The molecule has 0 radical (unpaired) electrons. The fraction of sp³-hybridized carbons (Fsp3) is 0.206. The molecule has 7 nitrogen and oxygen atoms in total. The van der Waals surface area contributed by atoms with Gasteiger partial charge in [0.05, 0.1) is 17.8 Å². The monoisotopic (exact) mass is 576 g/mol. The second kappa shape index (κ2) is 10.3. The SMILES string of the molecule is O=C(c1ccc(N2C(=O)c3ccccc3N[C@]23C(=O)N(Cc2ccccc2Cl)c2ccccc23)cc1)N1CCCCC1. The summed E-state index contributed by atoms with van der Waals surface area (Å²) in [7, 11) is 0. The van der Waals surface area contributed by atoms with Crippen LogP contribution in [0.3, 0.4) is 0 Å². The Balaban J connectivity index is 1.35. The molecule has 1 N–H and O–H groups in total. The van der Waals surface area contributed by atoms with Crippen molar-refractivity contribution < 1.29 is 14.4 Å². The number of rotatable bonds is 4. The number of hydrogen-bond donors (Lipinski definition) is 1. The summed E-state index contributed by atoms with van der Waals surface area (Å²) in [6, 6.07) is 29.2. The third kappa shape index (κ3) is 4.07. The third-order valence-corrected chi connectivity index (χ3v) is 8.82. The van der Waals surface area contributed by atoms with Crippen molar-refractivity contribution in [3.63, 3.8) is 0 Å². The molecule has 3 aliphatic heterocycles. The normalized spacial score (nSPS) is 19.5. The molecular formula is C34H29ClN4O3. The van der Waals surface area contributed by atoms with Gasteiger partial charge in [-0.15, -0.1) is 0 Å². The van der Waals surface area contributed by atoms with E-state index in [0.29, 0.717) is 38.8 Å². The number of nitrogens with zero attached hydrogens (tertiary/aromatic N) is 3. The van der Waals surface area contributed by atoms with E-state index in [0.717, 1.165) is 37.9 Å². The summed E-state index contributed by atoms with van der Waals surface area (Å²) < 4.78 is 0. The summed E-state index contributed by atoms with van der Waals surface area (Å²) in [5.74, 6) is -0.611. The lowest BCUT2D eigenvalue weighted by Crippen LogP contribution is -2.63. The second-order valence-electron chi connectivity index (χ2n) is 10.9. The molecule has 0 saturated carbocycles. The van der Waals surface area contributed by atoms with Crippen LogP contribution in [0.4, 0.5) is 17.1 Å². The van der Waals surface area contributed by atoms with Crippen LogP contribution in [0.15, 0.2) is 97.1 Å².